The van der Waals surface area contributed by atoms with Crippen molar-refractivity contribution < 1.29 is 9.84 Å². The third kappa shape index (κ3) is 2.37. The highest BCUT2D eigenvalue weighted by Crippen LogP contribution is 2.40. The Hall–Kier alpha value is -1.06. The fraction of sp³-hybridized carbons (Fsp3) is 0.625. The first kappa shape index (κ1) is 12.9. The van der Waals surface area contributed by atoms with Crippen LogP contribution in [0.15, 0.2) is 24.3 Å². The number of methoxy groups -OCH3 is 1. The molecule has 1 heterocycles. The predicted molar refractivity (Wildman–Crippen MR) is 75.3 cm³/mol. The molecule has 104 valence electrons. The van der Waals surface area contributed by atoms with Gasteiger partial charge in [0, 0.05) is 18.6 Å². The molecule has 3 nitrogen and oxygen atoms in total. The monoisotopic (exact) mass is 261 g/mol. The summed E-state index contributed by atoms with van der Waals surface area (Å²) >= 11 is 0. The Balaban J connectivity index is 1.70. The second-order valence-corrected chi connectivity index (χ2v) is 5.99. The summed E-state index contributed by atoms with van der Waals surface area (Å²) < 4.78 is 5.16. The number of benzene rings is 1. The highest BCUT2D eigenvalue weighted by atomic mass is 16.5. The van der Waals surface area contributed by atoms with Crippen LogP contribution in [-0.2, 0) is 0 Å². The van der Waals surface area contributed by atoms with Crippen LogP contribution in [0.1, 0.15) is 37.9 Å². The lowest BCUT2D eigenvalue weighted by Crippen LogP contribution is -2.42. The van der Waals surface area contributed by atoms with Gasteiger partial charge < -0.3 is 9.84 Å². The Kier molecular flexibility index (Phi) is 3.50. The van der Waals surface area contributed by atoms with Crippen molar-refractivity contribution in [1.29, 1.82) is 0 Å². The number of hydrogen-bond acceptors (Lipinski definition) is 3. The third-order valence-electron chi connectivity index (χ3n) is 4.89. The summed E-state index contributed by atoms with van der Waals surface area (Å²) in [4.78, 5) is 2.50. The van der Waals surface area contributed by atoms with Crippen molar-refractivity contribution in [3.8, 4) is 5.75 Å². The first-order valence-electron chi connectivity index (χ1n) is 7.27. The van der Waals surface area contributed by atoms with E-state index in [1.807, 2.05) is 24.3 Å². The van der Waals surface area contributed by atoms with E-state index in [1.165, 1.54) is 25.8 Å². The molecular weight excluding hydrogens is 238 g/mol. The van der Waals surface area contributed by atoms with Gasteiger partial charge in [-0.15, -0.1) is 0 Å². The van der Waals surface area contributed by atoms with Gasteiger partial charge in [-0.2, -0.15) is 0 Å². The highest BCUT2D eigenvalue weighted by molar-refractivity contribution is 5.29. The van der Waals surface area contributed by atoms with Crippen LogP contribution in [0.25, 0.3) is 0 Å². The van der Waals surface area contributed by atoms with Crippen molar-refractivity contribution in [2.45, 2.75) is 44.4 Å². The normalized spacial score (nSPS) is 29.4. The average Bonchev–Trinajstić information content (AvgIpc) is 3.08. The smallest absolute Gasteiger partial charge is 0.118 e. The second kappa shape index (κ2) is 5.14. The van der Waals surface area contributed by atoms with Gasteiger partial charge in [0.2, 0.25) is 0 Å². The minimum absolute atomic E-state index is 0.198. The van der Waals surface area contributed by atoms with Crippen LogP contribution in [0.2, 0.25) is 0 Å². The fourth-order valence-corrected chi connectivity index (χ4v) is 3.72. The summed E-state index contributed by atoms with van der Waals surface area (Å²) in [6.07, 6.45) is 3.61. The molecule has 0 aromatic heterocycles. The van der Waals surface area contributed by atoms with E-state index >= 15 is 0 Å². The van der Waals surface area contributed by atoms with Gasteiger partial charge in [0.1, 0.15) is 5.75 Å². The van der Waals surface area contributed by atoms with Gasteiger partial charge in [0.05, 0.1) is 13.2 Å². The van der Waals surface area contributed by atoms with Crippen LogP contribution in [0.5, 0.6) is 5.75 Å². The lowest BCUT2D eigenvalue weighted by Gasteiger charge is -2.35. The summed E-state index contributed by atoms with van der Waals surface area (Å²) in [6, 6.07) is 8.67. The molecular formula is C16H23NO2. The van der Waals surface area contributed by atoms with E-state index in [4.69, 9.17) is 4.74 Å². The Morgan fingerprint density at radius 1 is 1.26 bits per heavy atom. The van der Waals surface area contributed by atoms with E-state index < -0.39 is 6.10 Å². The van der Waals surface area contributed by atoms with Crippen LogP contribution >= 0.6 is 0 Å². The Bertz CT molecular complexity index is 431. The largest absolute Gasteiger partial charge is 0.497 e. The molecule has 3 heteroatoms. The van der Waals surface area contributed by atoms with Gasteiger partial charge in [0.15, 0.2) is 0 Å². The molecule has 2 fully saturated rings. The van der Waals surface area contributed by atoms with Gasteiger partial charge in [-0.3, -0.25) is 4.90 Å². The summed E-state index contributed by atoms with van der Waals surface area (Å²) in [7, 11) is 1.66. The SMILES string of the molecule is COc1ccc(C(O)C(C)N2CC3CCC2C3)cc1. The van der Waals surface area contributed by atoms with Gasteiger partial charge in [0.25, 0.3) is 0 Å². The van der Waals surface area contributed by atoms with Crippen LogP contribution in [0, 0.1) is 5.92 Å². The molecule has 1 saturated heterocycles. The van der Waals surface area contributed by atoms with E-state index in [2.05, 4.69) is 11.8 Å². The molecule has 4 unspecified atom stereocenters. The molecule has 0 amide bonds. The quantitative estimate of drug-likeness (QED) is 0.904. The molecule has 1 aromatic rings. The molecule has 0 spiro atoms. The van der Waals surface area contributed by atoms with E-state index in [9.17, 15) is 5.11 Å². The number of rotatable bonds is 4. The van der Waals surface area contributed by atoms with Crippen molar-refractivity contribution in [3.05, 3.63) is 29.8 Å². The van der Waals surface area contributed by atoms with E-state index in [0.29, 0.717) is 6.04 Å². The number of hydrogen-bond donors (Lipinski definition) is 1. The first-order chi connectivity index (χ1) is 9.19. The van der Waals surface area contributed by atoms with E-state index in [1.54, 1.807) is 7.11 Å². The molecule has 2 bridgehead atoms. The molecule has 3 rings (SSSR count). The molecule has 1 N–H and O–H groups in total. The Morgan fingerprint density at radius 2 is 2.00 bits per heavy atom. The summed E-state index contributed by atoms with van der Waals surface area (Å²) in [6.45, 7) is 3.31. The summed E-state index contributed by atoms with van der Waals surface area (Å²) in [5.74, 6) is 1.71. The maximum Gasteiger partial charge on any atom is 0.118 e. The van der Waals surface area contributed by atoms with Crippen LogP contribution in [-0.4, -0.2) is 35.7 Å². The molecule has 2 aliphatic rings. The number of likely N-dealkylation sites (tertiary alicyclic amines) is 1. The molecule has 1 saturated carbocycles. The standard InChI is InChI=1S/C16H23NO2/c1-11(17-10-12-3-6-14(17)9-12)16(18)13-4-7-15(19-2)8-5-13/h4-5,7-8,11-12,14,16,18H,3,6,9-10H2,1-2H3. The molecule has 4 atom stereocenters. The maximum absolute atomic E-state index is 10.6. The topological polar surface area (TPSA) is 32.7 Å². The van der Waals surface area contributed by atoms with Crippen LogP contribution in [0.3, 0.4) is 0 Å². The van der Waals surface area contributed by atoms with E-state index in [-0.39, 0.29) is 6.04 Å². The number of nitrogens with zero attached hydrogens (tertiary/aromatic N) is 1. The number of piperidine rings is 1. The Morgan fingerprint density at radius 3 is 2.53 bits per heavy atom. The van der Waals surface area contributed by atoms with Crippen molar-refractivity contribution in [2.75, 3.05) is 13.7 Å². The average molecular weight is 261 g/mol. The molecule has 1 aliphatic carbocycles. The zero-order valence-electron chi connectivity index (χ0n) is 11.7. The molecule has 1 aliphatic heterocycles. The minimum Gasteiger partial charge on any atom is -0.497 e. The van der Waals surface area contributed by atoms with Crippen molar-refractivity contribution >= 4 is 0 Å². The lowest BCUT2D eigenvalue weighted by atomic mass is 10.00. The second-order valence-electron chi connectivity index (χ2n) is 5.99. The van der Waals surface area contributed by atoms with Crippen LogP contribution < -0.4 is 4.74 Å². The number of aliphatic hydroxyl groups excluding tert-OH is 1. The highest BCUT2D eigenvalue weighted by Gasteiger charge is 2.41. The molecule has 1 aromatic carbocycles. The summed E-state index contributed by atoms with van der Waals surface area (Å²) in [5.41, 5.74) is 0.982. The van der Waals surface area contributed by atoms with Gasteiger partial charge in [-0.05, 0) is 49.8 Å². The predicted octanol–water partition coefficient (Wildman–Crippen LogP) is 2.60. The number of fused-ring (bicyclic) bond motifs is 2. The molecule has 0 radical (unpaired) electrons. The minimum atomic E-state index is -0.412. The van der Waals surface area contributed by atoms with Gasteiger partial charge >= 0.3 is 0 Å². The lowest BCUT2D eigenvalue weighted by molar-refractivity contribution is 0.0400. The first-order valence-corrected chi connectivity index (χ1v) is 7.27. The summed E-state index contributed by atoms with van der Waals surface area (Å²) in [5, 5.41) is 10.6. The van der Waals surface area contributed by atoms with Gasteiger partial charge in [-0.25, -0.2) is 0 Å². The van der Waals surface area contributed by atoms with Gasteiger partial charge in [-0.1, -0.05) is 12.1 Å². The third-order valence-corrected chi connectivity index (χ3v) is 4.89. The van der Waals surface area contributed by atoms with Crippen molar-refractivity contribution in [3.63, 3.8) is 0 Å². The number of aliphatic hydroxyl groups is 1. The van der Waals surface area contributed by atoms with Crippen molar-refractivity contribution in [1.82, 2.24) is 4.90 Å². The zero-order valence-corrected chi connectivity index (χ0v) is 11.7. The maximum atomic E-state index is 10.6. The number of ether oxygens (including phenoxy) is 1. The molecule has 19 heavy (non-hydrogen) atoms. The van der Waals surface area contributed by atoms with Crippen molar-refractivity contribution in [2.24, 2.45) is 5.92 Å². The zero-order chi connectivity index (χ0) is 13.4. The van der Waals surface area contributed by atoms with E-state index in [0.717, 1.165) is 17.2 Å². The Labute approximate surface area is 115 Å². The fourth-order valence-electron chi connectivity index (χ4n) is 3.72. The van der Waals surface area contributed by atoms with Crippen LogP contribution in [0.4, 0.5) is 0 Å².